The van der Waals surface area contributed by atoms with Gasteiger partial charge in [-0.1, -0.05) is 23.2 Å². The highest BCUT2D eigenvalue weighted by molar-refractivity contribution is 6.38. The molecule has 5 rings (SSSR count). The summed E-state index contributed by atoms with van der Waals surface area (Å²) in [4.78, 5) is 19.8. The quantitative estimate of drug-likeness (QED) is 0.423. The number of nitrogens with zero attached hydrogens (tertiary/aromatic N) is 2. The summed E-state index contributed by atoms with van der Waals surface area (Å²) in [6.07, 6.45) is 4.17. The van der Waals surface area contributed by atoms with Gasteiger partial charge < -0.3 is 25.0 Å². The van der Waals surface area contributed by atoms with Crippen LogP contribution in [0.15, 0.2) is 24.4 Å². The van der Waals surface area contributed by atoms with Crippen LogP contribution in [0.25, 0.3) is 0 Å². The molecule has 1 aliphatic carbocycles. The van der Waals surface area contributed by atoms with Crippen molar-refractivity contribution in [2.24, 2.45) is 5.92 Å². The van der Waals surface area contributed by atoms with Crippen molar-refractivity contribution in [1.29, 1.82) is 0 Å². The molecular formula is C27H36Cl2N6O3. The monoisotopic (exact) mass is 562 g/mol. The van der Waals surface area contributed by atoms with Gasteiger partial charge in [-0.3, -0.25) is 10.2 Å². The second-order valence-corrected chi connectivity index (χ2v) is 11.4. The molecule has 3 fully saturated rings. The van der Waals surface area contributed by atoms with Gasteiger partial charge >= 0.3 is 0 Å². The van der Waals surface area contributed by atoms with Crippen molar-refractivity contribution in [1.82, 2.24) is 26.5 Å². The van der Waals surface area contributed by atoms with Crippen LogP contribution in [-0.2, 0) is 0 Å². The van der Waals surface area contributed by atoms with Crippen molar-refractivity contribution in [3.63, 3.8) is 0 Å². The van der Waals surface area contributed by atoms with Crippen LogP contribution in [0.4, 0.5) is 5.69 Å². The molecule has 2 aromatic rings. The number of carbonyl (C=O) groups is 1. The first-order valence-electron chi connectivity index (χ1n) is 13.2. The third kappa shape index (κ3) is 5.40. The van der Waals surface area contributed by atoms with Crippen molar-refractivity contribution in [3.8, 4) is 11.5 Å². The number of hydrogen-bond acceptors (Lipinski definition) is 8. The van der Waals surface area contributed by atoms with Crippen molar-refractivity contribution >= 4 is 34.8 Å². The van der Waals surface area contributed by atoms with E-state index in [4.69, 9.17) is 32.7 Å². The number of amides is 1. The van der Waals surface area contributed by atoms with Crippen molar-refractivity contribution in [2.45, 2.75) is 63.3 Å². The van der Waals surface area contributed by atoms with Gasteiger partial charge in [-0.15, -0.1) is 0 Å². The molecule has 38 heavy (non-hydrogen) atoms. The lowest BCUT2D eigenvalue weighted by atomic mass is 9.75. The van der Waals surface area contributed by atoms with E-state index in [1.165, 1.54) is 0 Å². The number of halogens is 2. The van der Waals surface area contributed by atoms with Crippen LogP contribution in [0.5, 0.6) is 11.5 Å². The van der Waals surface area contributed by atoms with E-state index in [1.54, 1.807) is 32.5 Å². The maximum Gasteiger partial charge on any atom is 0.271 e. The van der Waals surface area contributed by atoms with Gasteiger partial charge in [-0.2, -0.15) is 0 Å². The van der Waals surface area contributed by atoms with Gasteiger partial charge in [0.2, 0.25) is 0 Å². The Morgan fingerprint density at radius 3 is 2.34 bits per heavy atom. The Morgan fingerprint density at radius 2 is 1.74 bits per heavy atom. The molecule has 0 bridgehead atoms. The fourth-order valence-electron chi connectivity index (χ4n) is 6.19. The summed E-state index contributed by atoms with van der Waals surface area (Å²) < 4.78 is 10.9. The summed E-state index contributed by atoms with van der Waals surface area (Å²) in [5, 5.41) is 7.72. The molecule has 1 aromatic heterocycles. The van der Waals surface area contributed by atoms with E-state index in [9.17, 15) is 4.79 Å². The number of anilines is 1. The van der Waals surface area contributed by atoms with Gasteiger partial charge in [0.1, 0.15) is 17.2 Å². The summed E-state index contributed by atoms with van der Waals surface area (Å²) in [6.45, 7) is 6.19. The zero-order valence-corrected chi connectivity index (χ0v) is 23.7. The lowest BCUT2D eigenvalue weighted by Gasteiger charge is -2.37. The summed E-state index contributed by atoms with van der Waals surface area (Å²) in [7, 11) is 3.17. The molecule has 2 aliphatic heterocycles. The topological polar surface area (TPSA) is 99.8 Å². The van der Waals surface area contributed by atoms with E-state index < -0.39 is 0 Å². The fourth-order valence-corrected chi connectivity index (χ4v) is 7.00. The SMILES string of the molecule is COc1cc(OC)c(Cl)c(C2CCC3C(C2)NNC3NC(=O)c2ccc(N3C[C@@H](C)N[C@@H](C)C3)cn2)c1Cl. The van der Waals surface area contributed by atoms with Gasteiger partial charge in [0.25, 0.3) is 5.91 Å². The number of methoxy groups -OCH3 is 2. The Morgan fingerprint density at radius 1 is 1.05 bits per heavy atom. The van der Waals surface area contributed by atoms with Gasteiger partial charge in [0, 0.05) is 48.8 Å². The van der Waals surface area contributed by atoms with E-state index in [0.717, 1.165) is 43.6 Å². The molecule has 9 nitrogen and oxygen atoms in total. The Bertz CT molecular complexity index is 1130. The van der Waals surface area contributed by atoms with Crippen LogP contribution in [-0.4, -0.2) is 62.5 Å². The van der Waals surface area contributed by atoms with Crippen molar-refractivity contribution in [3.05, 3.63) is 45.7 Å². The molecule has 0 radical (unpaired) electrons. The molecule has 3 heterocycles. The number of rotatable bonds is 6. The summed E-state index contributed by atoms with van der Waals surface area (Å²) >= 11 is 13.4. The highest BCUT2D eigenvalue weighted by Gasteiger charge is 2.42. The second kappa shape index (κ2) is 11.4. The first-order chi connectivity index (χ1) is 18.3. The Hall–Kier alpha value is -2.30. The molecule has 0 spiro atoms. The molecule has 4 unspecified atom stereocenters. The molecule has 2 saturated heterocycles. The minimum atomic E-state index is -0.199. The molecule has 11 heteroatoms. The highest BCUT2D eigenvalue weighted by Crippen LogP contribution is 2.49. The lowest BCUT2D eigenvalue weighted by Crippen LogP contribution is -2.54. The Balaban J connectivity index is 1.22. The van der Waals surface area contributed by atoms with Crippen LogP contribution in [0, 0.1) is 5.92 Å². The standard InChI is InChI=1S/C27H36Cl2N6O3/c1-14-12-35(13-15(2)31-14)17-6-8-19(30-11-17)27(36)32-26-18-7-5-16(9-20(18)33-34-26)23-24(28)21(37-3)10-22(38-4)25(23)29/h6,8,10-11,14-16,18,20,26,31,33-34H,5,7,9,12-13H2,1-4H3,(H,32,36)/t14-,15+,16?,18?,20?,26?. The van der Waals surface area contributed by atoms with E-state index in [2.05, 4.69) is 45.2 Å². The lowest BCUT2D eigenvalue weighted by molar-refractivity contribution is 0.0910. The molecule has 3 aliphatic rings. The van der Waals surface area contributed by atoms with Gasteiger partial charge in [0.15, 0.2) is 0 Å². The van der Waals surface area contributed by atoms with Gasteiger partial charge in [-0.05, 0) is 51.2 Å². The predicted molar refractivity (Wildman–Crippen MR) is 149 cm³/mol. The van der Waals surface area contributed by atoms with Crippen molar-refractivity contribution < 1.29 is 14.3 Å². The maximum absolute atomic E-state index is 13.1. The van der Waals surface area contributed by atoms with Gasteiger partial charge in [0.05, 0.1) is 42.3 Å². The van der Waals surface area contributed by atoms with Gasteiger partial charge in [-0.25, -0.2) is 10.4 Å². The highest BCUT2D eigenvalue weighted by atomic mass is 35.5. The molecule has 1 saturated carbocycles. The Labute approximate surface area is 233 Å². The fraction of sp³-hybridized carbons (Fsp3) is 0.556. The smallest absolute Gasteiger partial charge is 0.271 e. The molecule has 206 valence electrons. The number of aromatic nitrogens is 1. The molecule has 6 atom stereocenters. The number of fused-ring (bicyclic) bond motifs is 1. The van der Waals surface area contributed by atoms with Crippen LogP contribution in [0.2, 0.25) is 10.0 Å². The normalized spacial score (nSPS) is 29.1. The first-order valence-corrected chi connectivity index (χ1v) is 13.9. The van der Waals surface area contributed by atoms with E-state index >= 15 is 0 Å². The number of carbonyl (C=O) groups excluding carboxylic acids is 1. The zero-order valence-electron chi connectivity index (χ0n) is 22.2. The van der Waals surface area contributed by atoms with E-state index in [0.29, 0.717) is 39.3 Å². The second-order valence-electron chi connectivity index (χ2n) is 10.6. The van der Waals surface area contributed by atoms with Crippen LogP contribution in [0.1, 0.15) is 55.1 Å². The maximum atomic E-state index is 13.1. The molecular weight excluding hydrogens is 527 g/mol. The molecule has 4 N–H and O–H groups in total. The largest absolute Gasteiger partial charge is 0.495 e. The summed E-state index contributed by atoms with van der Waals surface area (Å²) in [5.74, 6) is 1.26. The number of ether oxygens (including phenoxy) is 2. The number of hydrogen-bond donors (Lipinski definition) is 4. The molecule has 1 aromatic carbocycles. The van der Waals surface area contributed by atoms with Crippen molar-refractivity contribution in [2.75, 3.05) is 32.2 Å². The molecule has 1 amide bonds. The van der Waals surface area contributed by atoms with Crippen LogP contribution in [0.3, 0.4) is 0 Å². The van der Waals surface area contributed by atoms with E-state index in [-0.39, 0.29) is 30.0 Å². The third-order valence-corrected chi connectivity index (χ3v) is 8.74. The zero-order chi connectivity index (χ0) is 27.0. The van der Waals surface area contributed by atoms with Crippen LogP contribution < -0.4 is 35.9 Å². The minimum Gasteiger partial charge on any atom is -0.495 e. The average molecular weight is 564 g/mol. The average Bonchev–Trinajstić information content (AvgIpc) is 3.30. The number of nitrogens with one attached hydrogen (secondary N) is 4. The van der Waals surface area contributed by atoms with E-state index in [1.807, 2.05) is 6.07 Å². The predicted octanol–water partition coefficient (Wildman–Crippen LogP) is 3.71. The number of benzene rings is 1. The number of hydrazine groups is 1. The first kappa shape index (κ1) is 27.3. The summed E-state index contributed by atoms with van der Waals surface area (Å²) in [6, 6.07) is 6.46. The van der Waals surface area contributed by atoms with Crippen LogP contribution >= 0.6 is 23.2 Å². The summed E-state index contributed by atoms with van der Waals surface area (Å²) in [5.41, 5.74) is 8.95. The number of piperazine rings is 1. The minimum absolute atomic E-state index is 0.133. The Kier molecular flexibility index (Phi) is 8.21. The number of pyridine rings is 1. The third-order valence-electron chi connectivity index (χ3n) is 7.96.